The zero-order valence-corrected chi connectivity index (χ0v) is 13.3. The highest BCUT2D eigenvalue weighted by Crippen LogP contribution is 2.18. The summed E-state index contributed by atoms with van der Waals surface area (Å²) in [5.74, 6) is 0.402. The van der Waals surface area contributed by atoms with E-state index in [-0.39, 0.29) is 18.5 Å². The van der Waals surface area contributed by atoms with Crippen LogP contribution in [0.25, 0.3) is 0 Å². The van der Waals surface area contributed by atoms with Crippen LogP contribution in [0.4, 0.5) is 5.69 Å². The molecule has 0 spiro atoms. The van der Waals surface area contributed by atoms with Crippen molar-refractivity contribution in [3.8, 4) is 0 Å². The number of nitrogens with one attached hydrogen (secondary N) is 1. The summed E-state index contributed by atoms with van der Waals surface area (Å²) in [7, 11) is 1.86. The summed E-state index contributed by atoms with van der Waals surface area (Å²) in [6.45, 7) is 6.44. The molecule has 0 bridgehead atoms. The second-order valence-electron chi connectivity index (χ2n) is 5.34. The highest BCUT2D eigenvalue weighted by Gasteiger charge is 2.15. The van der Waals surface area contributed by atoms with E-state index in [4.69, 9.17) is 18.0 Å². The molecule has 3 N–H and O–H groups in total. The second kappa shape index (κ2) is 7.24. The average molecular weight is 293 g/mol. The first-order chi connectivity index (χ1) is 9.32. The monoisotopic (exact) mass is 293 g/mol. The molecular formula is C15H23N3OS. The van der Waals surface area contributed by atoms with Gasteiger partial charge in [-0.25, -0.2) is 0 Å². The van der Waals surface area contributed by atoms with Gasteiger partial charge in [0.05, 0.1) is 6.54 Å². The van der Waals surface area contributed by atoms with Crippen LogP contribution < -0.4 is 16.0 Å². The highest BCUT2D eigenvalue weighted by atomic mass is 32.1. The van der Waals surface area contributed by atoms with E-state index in [1.807, 2.05) is 43.1 Å². The molecule has 1 unspecified atom stereocenters. The summed E-state index contributed by atoms with van der Waals surface area (Å²) in [6.07, 6.45) is 0. The summed E-state index contributed by atoms with van der Waals surface area (Å²) >= 11 is 5.04. The molecular weight excluding hydrogens is 270 g/mol. The lowest BCUT2D eigenvalue weighted by atomic mass is 10.1. The van der Waals surface area contributed by atoms with Crippen molar-refractivity contribution in [3.05, 3.63) is 29.8 Å². The first-order valence-corrected chi connectivity index (χ1v) is 7.13. The number of amides is 1. The Kier molecular flexibility index (Phi) is 5.95. The maximum Gasteiger partial charge on any atom is 0.239 e. The number of thiocarbonyl (C=S) groups is 1. The molecule has 4 nitrogen and oxygen atoms in total. The van der Waals surface area contributed by atoms with Gasteiger partial charge in [0.1, 0.15) is 4.99 Å². The minimum absolute atomic E-state index is 0.00792. The molecule has 110 valence electrons. The number of para-hydroxylation sites is 1. The van der Waals surface area contributed by atoms with Gasteiger partial charge in [0.15, 0.2) is 0 Å². The Balaban J connectivity index is 2.74. The number of carbonyl (C=O) groups is 1. The Morgan fingerprint density at radius 3 is 2.50 bits per heavy atom. The molecule has 0 fully saturated rings. The molecule has 0 aliphatic heterocycles. The molecule has 0 aliphatic rings. The van der Waals surface area contributed by atoms with Crippen molar-refractivity contribution in [2.75, 3.05) is 18.5 Å². The summed E-state index contributed by atoms with van der Waals surface area (Å²) < 4.78 is 0. The summed E-state index contributed by atoms with van der Waals surface area (Å²) in [5, 5.41) is 2.98. The minimum atomic E-state index is -0.00792. The molecule has 5 heteroatoms. The fourth-order valence-corrected chi connectivity index (χ4v) is 1.95. The topological polar surface area (TPSA) is 58.4 Å². The van der Waals surface area contributed by atoms with E-state index in [0.717, 1.165) is 11.3 Å². The van der Waals surface area contributed by atoms with Gasteiger partial charge in [-0.1, -0.05) is 38.2 Å². The van der Waals surface area contributed by atoms with Gasteiger partial charge < -0.3 is 16.0 Å². The quantitative estimate of drug-likeness (QED) is 0.787. The summed E-state index contributed by atoms with van der Waals surface area (Å²) in [4.78, 5) is 14.2. The first-order valence-electron chi connectivity index (χ1n) is 6.72. The van der Waals surface area contributed by atoms with Gasteiger partial charge in [-0.2, -0.15) is 0 Å². The number of benzene rings is 1. The van der Waals surface area contributed by atoms with Crippen LogP contribution in [0.15, 0.2) is 24.3 Å². The fourth-order valence-electron chi connectivity index (χ4n) is 1.78. The van der Waals surface area contributed by atoms with Crippen molar-refractivity contribution in [2.24, 2.45) is 11.7 Å². The van der Waals surface area contributed by atoms with Gasteiger partial charge in [-0.3, -0.25) is 4.79 Å². The Morgan fingerprint density at radius 1 is 1.35 bits per heavy atom. The lowest BCUT2D eigenvalue weighted by Crippen LogP contribution is -2.42. The van der Waals surface area contributed by atoms with Crippen molar-refractivity contribution in [2.45, 2.75) is 26.8 Å². The van der Waals surface area contributed by atoms with Crippen molar-refractivity contribution in [1.82, 2.24) is 5.32 Å². The lowest BCUT2D eigenvalue weighted by molar-refractivity contribution is -0.120. The van der Waals surface area contributed by atoms with Gasteiger partial charge >= 0.3 is 0 Å². The minimum Gasteiger partial charge on any atom is -0.389 e. The van der Waals surface area contributed by atoms with Crippen molar-refractivity contribution in [3.63, 3.8) is 0 Å². The largest absolute Gasteiger partial charge is 0.389 e. The molecule has 1 atom stereocenters. The van der Waals surface area contributed by atoms with Gasteiger partial charge in [-0.15, -0.1) is 0 Å². The van der Waals surface area contributed by atoms with E-state index in [0.29, 0.717) is 10.9 Å². The molecule has 0 aromatic heterocycles. The van der Waals surface area contributed by atoms with Crippen LogP contribution in [0.3, 0.4) is 0 Å². The van der Waals surface area contributed by atoms with Crippen molar-refractivity contribution in [1.29, 1.82) is 0 Å². The summed E-state index contributed by atoms with van der Waals surface area (Å²) in [5.41, 5.74) is 7.36. The van der Waals surface area contributed by atoms with Gasteiger partial charge in [-0.05, 0) is 25.0 Å². The van der Waals surface area contributed by atoms with Crippen LogP contribution in [0.5, 0.6) is 0 Å². The maximum atomic E-state index is 12.0. The molecule has 20 heavy (non-hydrogen) atoms. The van der Waals surface area contributed by atoms with Crippen LogP contribution in [0.1, 0.15) is 26.3 Å². The Hall–Kier alpha value is -1.62. The molecule has 1 aromatic rings. The number of nitrogens with two attached hydrogens (primary N) is 1. The third-order valence-electron chi connectivity index (χ3n) is 3.35. The third kappa shape index (κ3) is 4.49. The number of rotatable bonds is 6. The number of nitrogens with zero attached hydrogens (tertiary/aromatic N) is 1. The zero-order chi connectivity index (χ0) is 15.3. The van der Waals surface area contributed by atoms with Crippen LogP contribution in [0, 0.1) is 5.92 Å². The van der Waals surface area contributed by atoms with E-state index in [1.54, 1.807) is 0 Å². The Morgan fingerprint density at radius 2 is 1.95 bits per heavy atom. The first kappa shape index (κ1) is 16.4. The normalized spacial score (nSPS) is 12.1. The molecule has 1 aromatic carbocycles. The van der Waals surface area contributed by atoms with Gasteiger partial charge in [0, 0.05) is 24.3 Å². The van der Waals surface area contributed by atoms with Gasteiger partial charge in [0.25, 0.3) is 0 Å². The summed E-state index contributed by atoms with van der Waals surface area (Å²) in [6, 6.07) is 7.72. The second-order valence-corrected chi connectivity index (χ2v) is 5.78. The third-order valence-corrected chi connectivity index (χ3v) is 3.57. The smallest absolute Gasteiger partial charge is 0.239 e. The van der Waals surface area contributed by atoms with Crippen molar-refractivity contribution >= 4 is 28.8 Å². The molecule has 1 amide bonds. The molecule has 0 saturated heterocycles. The predicted molar refractivity (Wildman–Crippen MR) is 88.0 cm³/mol. The van der Waals surface area contributed by atoms with E-state index in [9.17, 15) is 4.79 Å². The molecule has 0 saturated carbocycles. The highest BCUT2D eigenvalue weighted by molar-refractivity contribution is 7.80. The van der Waals surface area contributed by atoms with Crippen LogP contribution >= 0.6 is 12.2 Å². The predicted octanol–water partition coefficient (Wildman–Crippen LogP) is 1.92. The number of hydrogen-bond donors (Lipinski definition) is 2. The standard InChI is InChI=1S/C15H23N3OS/c1-10(2)11(3)17-14(19)9-18(4)13-8-6-5-7-12(13)15(16)20/h5-8,10-11H,9H2,1-4H3,(H2,16,20)(H,17,19). The van der Waals surface area contributed by atoms with E-state index >= 15 is 0 Å². The molecule has 1 rings (SSSR count). The fraction of sp³-hybridized carbons (Fsp3) is 0.467. The number of hydrogen-bond acceptors (Lipinski definition) is 3. The zero-order valence-electron chi connectivity index (χ0n) is 12.5. The Bertz CT molecular complexity index is 488. The molecule has 0 heterocycles. The molecule has 0 aliphatic carbocycles. The lowest BCUT2D eigenvalue weighted by Gasteiger charge is -2.24. The van der Waals surface area contributed by atoms with E-state index in [2.05, 4.69) is 19.2 Å². The maximum absolute atomic E-state index is 12.0. The number of likely N-dealkylation sites (N-methyl/N-ethyl adjacent to an activating group) is 1. The Labute approximate surface area is 126 Å². The number of anilines is 1. The van der Waals surface area contributed by atoms with E-state index in [1.165, 1.54) is 0 Å². The van der Waals surface area contributed by atoms with Crippen molar-refractivity contribution < 1.29 is 4.79 Å². The van der Waals surface area contributed by atoms with E-state index < -0.39 is 0 Å². The van der Waals surface area contributed by atoms with Crippen LogP contribution in [-0.4, -0.2) is 30.5 Å². The van der Waals surface area contributed by atoms with Crippen LogP contribution in [0.2, 0.25) is 0 Å². The van der Waals surface area contributed by atoms with Crippen LogP contribution in [-0.2, 0) is 4.79 Å². The molecule has 0 radical (unpaired) electrons. The SMILES string of the molecule is CC(C)C(C)NC(=O)CN(C)c1ccccc1C(N)=S. The number of carbonyl (C=O) groups excluding carboxylic acids is 1. The average Bonchev–Trinajstić information content (AvgIpc) is 2.38. The van der Waals surface area contributed by atoms with Gasteiger partial charge in [0.2, 0.25) is 5.91 Å².